The monoisotopic (exact) mass is 252 g/mol. The predicted molar refractivity (Wildman–Crippen MR) is 66.4 cm³/mol. The second-order valence-electron chi connectivity index (χ2n) is 5.60. The molecule has 1 nitrogen and oxygen atoms in total. The van der Waals surface area contributed by atoms with Crippen molar-refractivity contribution in [3.05, 3.63) is 35.4 Å². The van der Waals surface area contributed by atoms with Crippen LogP contribution in [0.1, 0.15) is 43.5 Å². The fraction of sp³-hybridized carbons (Fsp3) is 0.533. The number of benzene rings is 1. The van der Waals surface area contributed by atoms with Crippen LogP contribution in [0.25, 0.3) is 0 Å². The van der Waals surface area contributed by atoms with Crippen molar-refractivity contribution in [1.82, 2.24) is 0 Å². The minimum absolute atomic E-state index is 0.0303. The van der Waals surface area contributed by atoms with Crippen molar-refractivity contribution < 1.29 is 13.6 Å². The SMILES string of the molecule is CC1CC(C)CC(C(=O)c2ccc(F)cc2F)C1. The summed E-state index contributed by atoms with van der Waals surface area (Å²) in [5, 5.41) is 0. The number of carbonyl (C=O) groups is 1. The molecule has 1 aliphatic rings. The molecule has 0 spiro atoms. The van der Waals surface area contributed by atoms with E-state index in [1.807, 2.05) is 0 Å². The van der Waals surface area contributed by atoms with E-state index in [0.29, 0.717) is 11.8 Å². The highest BCUT2D eigenvalue weighted by Crippen LogP contribution is 2.35. The van der Waals surface area contributed by atoms with Crippen LogP contribution in [-0.2, 0) is 0 Å². The van der Waals surface area contributed by atoms with Gasteiger partial charge in [-0.25, -0.2) is 8.78 Å². The first-order valence-electron chi connectivity index (χ1n) is 6.46. The standard InChI is InChI=1S/C15H18F2O/c1-9-5-10(2)7-11(6-9)15(18)13-4-3-12(16)8-14(13)17/h3-4,8-11H,5-7H2,1-2H3. The van der Waals surface area contributed by atoms with Crippen LogP contribution in [0.2, 0.25) is 0 Å². The molecule has 2 unspecified atom stereocenters. The molecule has 98 valence electrons. The Balaban J connectivity index is 2.20. The van der Waals surface area contributed by atoms with Crippen molar-refractivity contribution in [2.45, 2.75) is 33.1 Å². The van der Waals surface area contributed by atoms with E-state index < -0.39 is 11.6 Å². The van der Waals surface area contributed by atoms with Gasteiger partial charge in [-0.2, -0.15) is 0 Å². The van der Waals surface area contributed by atoms with Crippen molar-refractivity contribution >= 4 is 5.78 Å². The molecule has 0 saturated heterocycles. The third-order valence-electron chi connectivity index (χ3n) is 3.75. The molecule has 0 radical (unpaired) electrons. The van der Waals surface area contributed by atoms with E-state index in [4.69, 9.17) is 0 Å². The molecule has 1 aliphatic carbocycles. The Hall–Kier alpha value is -1.25. The molecule has 0 amide bonds. The van der Waals surface area contributed by atoms with Gasteiger partial charge in [0.05, 0.1) is 5.56 Å². The van der Waals surface area contributed by atoms with Crippen molar-refractivity contribution in [2.24, 2.45) is 17.8 Å². The average Bonchev–Trinajstić information content (AvgIpc) is 2.26. The van der Waals surface area contributed by atoms with E-state index >= 15 is 0 Å². The highest BCUT2D eigenvalue weighted by Gasteiger charge is 2.30. The second kappa shape index (κ2) is 5.17. The molecule has 18 heavy (non-hydrogen) atoms. The van der Waals surface area contributed by atoms with Gasteiger partial charge in [-0.1, -0.05) is 13.8 Å². The van der Waals surface area contributed by atoms with Gasteiger partial charge < -0.3 is 0 Å². The normalized spacial score (nSPS) is 28.1. The maximum absolute atomic E-state index is 13.6. The number of hydrogen-bond acceptors (Lipinski definition) is 1. The van der Waals surface area contributed by atoms with E-state index in [1.165, 1.54) is 6.07 Å². The Morgan fingerprint density at radius 3 is 2.28 bits per heavy atom. The van der Waals surface area contributed by atoms with Gasteiger partial charge >= 0.3 is 0 Å². The summed E-state index contributed by atoms with van der Waals surface area (Å²) < 4.78 is 26.4. The van der Waals surface area contributed by atoms with Crippen LogP contribution >= 0.6 is 0 Å². The molecule has 1 saturated carbocycles. The van der Waals surface area contributed by atoms with Crippen LogP contribution in [0, 0.1) is 29.4 Å². The Morgan fingerprint density at radius 1 is 1.11 bits per heavy atom. The molecule has 1 aromatic rings. The number of ketones is 1. The Morgan fingerprint density at radius 2 is 1.72 bits per heavy atom. The molecule has 0 N–H and O–H groups in total. The van der Waals surface area contributed by atoms with E-state index in [9.17, 15) is 13.6 Å². The largest absolute Gasteiger partial charge is 0.294 e. The summed E-state index contributed by atoms with van der Waals surface area (Å²) in [6.07, 6.45) is 2.73. The van der Waals surface area contributed by atoms with Gasteiger partial charge in [-0.3, -0.25) is 4.79 Å². The quantitative estimate of drug-likeness (QED) is 0.720. The number of rotatable bonds is 2. The lowest BCUT2D eigenvalue weighted by molar-refractivity contribution is 0.0831. The fourth-order valence-corrected chi connectivity index (χ4v) is 3.07. The van der Waals surface area contributed by atoms with Crippen LogP contribution < -0.4 is 0 Å². The van der Waals surface area contributed by atoms with Crippen LogP contribution in [0.3, 0.4) is 0 Å². The lowest BCUT2D eigenvalue weighted by Crippen LogP contribution is -2.26. The zero-order valence-electron chi connectivity index (χ0n) is 10.7. The summed E-state index contributed by atoms with van der Waals surface area (Å²) >= 11 is 0. The van der Waals surface area contributed by atoms with Gasteiger partial charge in [-0.15, -0.1) is 0 Å². The molecule has 0 bridgehead atoms. The summed E-state index contributed by atoms with van der Waals surface area (Å²) in [4.78, 5) is 12.3. The highest BCUT2D eigenvalue weighted by atomic mass is 19.1. The van der Waals surface area contributed by atoms with Crippen molar-refractivity contribution in [3.8, 4) is 0 Å². The Labute approximate surface area is 106 Å². The lowest BCUT2D eigenvalue weighted by Gasteiger charge is -2.30. The molecule has 2 rings (SSSR count). The number of halogens is 2. The molecule has 0 heterocycles. The van der Waals surface area contributed by atoms with Crippen LogP contribution in [0.4, 0.5) is 8.78 Å². The summed E-state index contributed by atoms with van der Waals surface area (Å²) in [6, 6.07) is 3.19. The summed E-state index contributed by atoms with van der Waals surface area (Å²) in [7, 11) is 0. The average molecular weight is 252 g/mol. The maximum atomic E-state index is 13.6. The van der Waals surface area contributed by atoms with Gasteiger partial charge in [-0.05, 0) is 43.2 Å². The van der Waals surface area contributed by atoms with Crippen molar-refractivity contribution in [2.75, 3.05) is 0 Å². The maximum Gasteiger partial charge on any atom is 0.168 e. The zero-order chi connectivity index (χ0) is 13.3. The minimum Gasteiger partial charge on any atom is -0.294 e. The second-order valence-corrected chi connectivity index (χ2v) is 5.60. The van der Waals surface area contributed by atoms with Crippen molar-refractivity contribution in [3.63, 3.8) is 0 Å². The first-order chi connectivity index (χ1) is 8.47. The van der Waals surface area contributed by atoms with Crippen LogP contribution in [0.5, 0.6) is 0 Å². The molecular weight excluding hydrogens is 234 g/mol. The summed E-state index contributed by atoms with van der Waals surface area (Å²) in [5.41, 5.74) is 0.0303. The smallest absolute Gasteiger partial charge is 0.168 e. The summed E-state index contributed by atoms with van der Waals surface area (Å²) in [6.45, 7) is 4.24. The third kappa shape index (κ3) is 2.77. The van der Waals surface area contributed by atoms with Gasteiger partial charge in [0.2, 0.25) is 0 Å². The summed E-state index contributed by atoms with van der Waals surface area (Å²) in [5.74, 6) is -0.702. The minimum atomic E-state index is -0.745. The molecule has 1 fully saturated rings. The number of carbonyl (C=O) groups excluding carboxylic acids is 1. The van der Waals surface area contributed by atoms with Gasteiger partial charge in [0.1, 0.15) is 11.6 Å². The van der Waals surface area contributed by atoms with Crippen LogP contribution in [0.15, 0.2) is 18.2 Å². The molecule has 0 aromatic heterocycles. The Kier molecular flexibility index (Phi) is 3.79. The molecule has 3 heteroatoms. The Bertz CT molecular complexity index is 446. The van der Waals surface area contributed by atoms with E-state index in [2.05, 4.69) is 13.8 Å². The van der Waals surface area contributed by atoms with Crippen LogP contribution in [-0.4, -0.2) is 5.78 Å². The lowest BCUT2D eigenvalue weighted by atomic mass is 9.74. The first kappa shape index (κ1) is 13.2. The molecular formula is C15H18F2O. The molecule has 2 atom stereocenters. The fourth-order valence-electron chi connectivity index (χ4n) is 3.07. The molecule has 0 aliphatic heterocycles. The van der Waals surface area contributed by atoms with Gasteiger partial charge in [0, 0.05) is 12.0 Å². The third-order valence-corrected chi connectivity index (χ3v) is 3.75. The number of hydrogen-bond donors (Lipinski definition) is 0. The topological polar surface area (TPSA) is 17.1 Å². The zero-order valence-corrected chi connectivity index (χ0v) is 10.7. The van der Waals surface area contributed by atoms with Gasteiger partial charge in [0.15, 0.2) is 5.78 Å². The molecule has 1 aromatic carbocycles. The van der Waals surface area contributed by atoms with E-state index in [-0.39, 0.29) is 17.3 Å². The predicted octanol–water partition coefficient (Wildman–Crippen LogP) is 4.22. The van der Waals surface area contributed by atoms with Gasteiger partial charge in [0.25, 0.3) is 0 Å². The van der Waals surface area contributed by atoms with E-state index in [1.54, 1.807) is 0 Å². The highest BCUT2D eigenvalue weighted by molar-refractivity contribution is 5.98. The van der Waals surface area contributed by atoms with Crippen molar-refractivity contribution in [1.29, 1.82) is 0 Å². The first-order valence-corrected chi connectivity index (χ1v) is 6.46. The van der Waals surface area contributed by atoms with E-state index in [0.717, 1.165) is 31.4 Å². The number of Topliss-reactive ketones (excluding diaryl/α,β-unsaturated/α-hetero) is 1.